The highest BCUT2D eigenvalue weighted by molar-refractivity contribution is 5.89. The number of fused-ring (bicyclic) bond motifs is 1. The monoisotopic (exact) mass is 305 g/mol. The molecule has 1 aliphatic rings. The van der Waals surface area contributed by atoms with Gasteiger partial charge in [0.1, 0.15) is 5.78 Å². The van der Waals surface area contributed by atoms with Crippen LogP contribution in [0.1, 0.15) is 31.4 Å². The molecular weight excluding hydrogens is 282 g/mol. The van der Waals surface area contributed by atoms with E-state index in [1.165, 1.54) is 21.9 Å². The summed E-state index contributed by atoms with van der Waals surface area (Å²) in [7, 11) is 0. The van der Waals surface area contributed by atoms with E-state index < -0.39 is 0 Å². The summed E-state index contributed by atoms with van der Waals surface area (Å²) in [6.45, 7) is 4.76. The SMILES string of the molecule is CC(=O)CCc1cccc2cccc(CN3C=CC=CC3C)c12. The van der Waals surface area contributed by atoms with Crippen molar-refractivity contribution in [3.63, 3.8) is 0 Å². The van der Waals surface area contributed by atoms with Crippen LogP contribution in [-0.4, -0.2) is 16.7 Å². The van der Waals surface area contributed by atoms with Crippen LogP contribution in [0.4, 0.5) is 0 Å². The summed E-state index contributed by atoms with van der Waals surface area (Å²) < 4.78 is 0. The Bertz CT molecular complexity index is 767. The number of hydrogen-bond donors (Lipinski definition) is 0. The molecule has 0 saturated carbocycles. The lowest BCUT2D eigenvalue weighted by atomic mass is 9.95. The maximum absolute atomic E-state index is 11.4. The number of ketones is 1. The molecule has 0 radical (unpaired) electrons. The summed E-state index contributed by atoms with van der Waals surface area (Å²) in [6.07, 6.45) is 9.97. The van der Waals surface area contributed by atoms with Crippen molar-refractivity contribution in [2.75, 3.05) is 0 Å². The highest BCUT2D eigenvalue weighted by atomic mass is 16.1. The summed E-state index contributed by atoms with van der Waals surface area (Å²) >= 11 is 0. The van der Waals surface area contributed by atoms with Gasteiger partial charge in [-0.2, -0.15) is 0 Å². The van der Waals surface area contributed by atoms with Crippen molar-refractivity contribution in [3.05, 3.63) is 72.0 Å². The van der Waals surface area contributed by atoms with Gasteiger partial charge in [0.05, 0.1) is 0 Å². The Morgan fingerprint density at radius 3 is 2.52 bits per heavy atom. The Balaban J connectivity index is 1.97. The molecular formula is C21H23NO. The number of carbonyl (C=O) groups is 1. The van der Waals surface area contributed by atoms with Gasteiger partial charge in [0.15, 0.2) is 0 Å². The molecule has 0 aromatic heterocycles. The summed E-state index contributed by atoms with van der Waals surface area (Å²) in [5.41, 5.74) is 2.60. The van der Waals surface area contributed by atoms with Crippen LogP contribution in [0.2, 0.25) is 0 Å². The summed E-state index contributed by atoms with van der Waals surface area (Å²) in [4.78, 5) is 13.7. The zero-order valence-electron chi connectivity index (χ0n) is 13.8. The molecule has 0 saturated heterocycles. The van der Waals surface area contributed by atoms with E-state index in [0.29, 0.717) is 12.5 Å². The molecule has 1 unspecified atom stereocenters. The first-order valence-corrected chi connectivity index (χ1v) is 8.25. The Morgan fingerprint density at radius 1 is 1.09 bits per heavy atom. The molecule has 2 heteroatoms. The van der Waals surface area contributed by atoms with Crippen LogP contribution in [0, 0.1) is 0 Å². The minimum Gasteiger partial charge on any atom is -0.367 e. The fourth-order valence-corrected chi connectivity index (χ4v) is 3.18. The first kappa shape index (κ1) is 15.5. The van der Waals surface area contributed by atoms with Gasteiger partial charge in [0.2, 0.25) is 0 Å². The lowest BCUT2D eigenvalue weighted by Gasteiger charge is -2.28. The molecule has 0 amide bonds. The molecule has 2 aromatic rings. The molecule has 23 heavy (non-hydrogen) atoms. The zero-order valence-corrected chi connectivity index (χ0v) is 13.8. The number of benzene rings is 2. The number of hydrogen-bond acceptors (Lipinski definition) is 2. The molecule has 0 aliphatic carbocycles. The average Bonchev–Trinajstić information content (AvgIpc) is 2.55. The van der Waals surface area contributed by atoms with Crippen LogP contribution in [0.3, 0.4) is 0 Å². The van der Waals surface area contributed by atoms with Crippen LogP contribution in [-0.2, 0) is 17.8 Å². The Hall–Kier alpha value is -2.35. The van der Waals surface area contributed by atoms with Crippen molar-refractivity contribution in [1.82, 2.24) is 4.90 Å². The second-order valence-electron chi connectivity index (χ2n) is 6.27. The molecule has 118 valence electrons. The third kappa shape index (κ3) is 3.53. The number of allylic oxidation sites excluding steroid dienone is 2. The van der Waals surface area contributed by atoms with Crippen LogP contribution < -0.4 is 0 Å². The van der Waals surface area contributed by atoms with Crippen molar-refractivity contribution in [3.8, 4) is 0 Å². The van der Waals surface area contributed by atoms with Gasteiger partial charge < -0.3 is 9.69 Å². The fraction of sp³-hybridized carbons (Fsp3) is 0.286. The average molecular weight is 305 g/mol. The molecule has 3 rings (SSSR count). The highest BCUT2D eigenvalue weighted by Gasteiger charge is 2.13. The van der Waals surface area contributed by atoms with E-state index in [9.17, 15) is 4.79 Å². The van der Waals surface area contributed by atoms with E-state index in [1.54, 1.807) is 6.92 Å². The Morgan fingerprint density at radius 2 is 1.83 bits per heavy atom. The predicted molar refractivity (Wildman–Crippen MR) is 96.2 cm³/mol. The van der Waals surface area contributed by atoms with Crippen molar-refractivity contribution >= 4 is 16.6 Å². The topological polar surface area (TPSA) is 20.3 Å². The van der Waals surface area contributed by atoms with Gasteiger partial charge in [0, 0.05) is 19.0 Å². The summed E-state index contributed by atoms with van der Waals surface area (Å²) in [5, 5.41) is 2.57. The minimum absolute atomic E-state index is 0.247. The molecule has 0 fully saturated rings. The molecule has 0 N–H and O–H groups in total. The van der Waals surface area contributed by atoms with Crippen molar-refractivity contribution in [2.24, 2.45) is 0 Å². The largest absolute Gasteiger partial charge is 0.367 e. The van der Waals surface area contributed by atoms with Crippen molar-refractivity contribution < 1.29 is 4.79 Å². The van der Waals surface area contributed by atoms with Gasteiger partial charge in [-0.05, 0) is 54.4 Å². The standard InChI is InChI=1S/C21H23NO/c1-16-7-3-4-14-22(16)15-20-11-6-9-18-8-5-10-19(21(18)20)13-12-17(2)23/h3-11,14,16H,12-13,15H2,1-2H3. The maximum Gasteiger partial charge on any atom is 0.130 e. The molecule has 2 aromatic carbocycles. The first-order valence-electron chi connectivity index (χ1n) is 8.25. The second-order valence-corrected chi connectivity index (χ2v) is 6.27. The predicted octanol–water partition coefficient (Wildman–Crippen LogP) is 4.64. The lowest BCUT2D eigenvalue weighted by Crippen LogP contribution is -2.27. The van der Waals surface area contributed by atoms with E-state index in [0.717, 1.165) is 13.0 Å². The Kier molecular flexibility index (Phi) is 4.61. The zero-order chi connectivity index (χ0) is 16.2. The highest BCUT2D eigenvalue weighted by Crippen LogP contribution is 2.26. The smallest absolute Gasteiger partial charge is 0.130 e. The summed E-state index contributed by atoms with van der Waals surface area (Å²) in [5.74, 6) is 0.247. The molecule has 1 heterocycles. The van der Waals surface area contributed by atoms with Crippen LogP contribution >= 0.6 is 0 Å². The normalized spacial score (nSPS) is 17.0. The van der Waals surface area contributed by atoms with Gasteiger partial charge in [0.25, 0.3) is 0 Å². The Labute approximate surface area is 138 Å². The third-order valence-electron chi connectivity index (χ3n) is 4.48. The number of nitrogens with zero attached hydrogens (tertiary/aromatic N) is 1. The van der Waals surface area contributed by atoms with Crippen LogP contribution in [0.5, 0.6) is 0 Å². The van der Waals surface area contributed by atoms with E-state index in [2.05, 4.69) is 72.6 Å². The first-order chi connectivity index (χ1) is 11.1. The minimum atomic E-state index is 0.247. The number of aryl methyl sites for hydroxylation is 1. The molecule has 1 atom stereocenters. The van der Waals surface area contributed by atoms with Gasteiger partial charge in [-0.25, -0.2) is 0 Å². The van der Waals surface area contributed by atoms with Crippen molar-refractivity contribution in [1.29, 1.82) is 0 Å². The second kappa shape index (κ2) is 6.82. The fourth-order valence-electron chi connectivity index (χ4n) is 3.18. The van der Waals surface area contributed by atoms with Crippen LogP contribution in [0.25, 0.3) is 10.8 Å². The van der Waals surface area contributed by atoms with Gasteiger partial charge >= 0.3 is 0 Å². The van der Waals surface area contributed by atoms with Gasteiger partial charge in [-0.15, -0.1) is 0 Å². The van der Waals surface area contributed by atoms with Gasteiger partial charge in [-0.1, -0.05) is 48.6 Å². The van der Waals surface area contributed by atoms with E-state index in [4.69, 9.17) is 0 Å². The quantitative estimate of drug-likeness (QED) is 0.802. The molecule has 0 spiro atoms. The maximum atomic E-state index is 11.4. The third-order valence-corrected chi connectivity index (χ3v) is 4.48. The summed E-state index contributed by atoms with van der Waals surface area (Å²) in [6, 6.07) is 13.3. The lowest BCUT2D eigenvalue weighted by molar-refractivity contribution is -0.116. The van der Waals surface area contributed by atoms with E-state index in [-0.39, 0.29) is 5.78 Å². The number of rotatable bonds is 5. The van der Waals surface area contributed by atoms with Crippen LogP contribution in [0.15, 0.2) is 60.8 Å². The number of carbonyl (C=O) groups excluding carboxylic acids is 1. The molecule has 1 aliphatic heterocycles. The molecule has 2 nitrogen and oxygen atoms in total. The molecule has 0 bridgehead atoms. The van der Waals surface area contributed by atoms with E-state index >= 15 is 0 Å². The van der Waals surface area contributed by atoms with Gasteiger partial charge in [-0.3, -0.25) is 0 Å². The van der Waals surface area contributed by atoms with E-state index in [1.807, 2.05) is 0 Å². The van der Waals surface area contributed by atoms with Crippen molar-refractivity contribution in [2.45, 2.75) is 39.3 Å². The number of Topliss-reactive ketones (excluding diaryl/α,β-unsaturated/α-hetero) is 1.